The van der Waals surface area contributed by atoms with Crippen molar-refractivity contribution in [2.24, 2.45) is 0 Å². The summed E-state index contributed by atoms with van der Waals surface area (Å²) in [6.07, 6.45) is 1.50. The largest absolute Gasteiger partial charge is 0.356 e. The molecule has 7 heteroatoms. The Morgan fingerprint density at radius 3 is 2.73 bits per heavy atom. The molecule has 1 amide bonds. The monoisotopic (exact) mass is 371 g/mol. The van der Waals surface area contributed by atoms with E-state index in [1.54, 1.807) is 11.4 Å². The Morgan fingerprint density at radius 2 is 1.96 bits per heavy atom. The zero-order valence-corrected chi connectivity index (χ0v) is 15.4. The number of thiophene rings is 1. The van der Waals surface area contributed by atoms with Crippen molar-refractivity contribution in [2.75, 3.05) is 6.54 Å². The van der Waals surface area contributed by atoms with E-state index < -0.39 is 5.69 Å². The van der Waals surface area contributed by atoms with Gasteiger partial charge in [0.05, 0.1) is 5.52 Å². The molecule has 136 valence electrons. The average molecular weight is 371 g/mol. The number of nitrogens with zero attached hydrogens (tertiary/aromatic N) is 1. The number of hydrogen-bond donors (Lipinski definition) is 2. The number of aromatic amines is 1. The topological polar surface area (TPSA) is 84.0 Å². The molecule has 3 rings (SSSR count). The molecule has 6 nitrogen and oxygen atoms in total. The molecule has 0 unspecified atom stereocenters. The summed E-state index contributed by atoms with van der Waals surface area (Å²) in [5.41, 5.74) is 2.23. The smallest absolute Gasteiger partial charge is 0.328 e. The highest BCUT2D eigenvalue weighted by Gasteiger charge is 2.09. The maximum absolute atomic E-state index is 12.3. The van der Waals surface area contributed by atoms with Crippen molar-refractivity contribution >= 4 is 27.5 Å². The minimum atomic E-state index is -0.430. The summed E-state index contributed by atoms with van der Waals surface area (Å²) in [5.74, 6) is -0.0706. The van der Waals surface area contributed by atoms with Gasteiger partial charge in [-0.1, -0.05) is 29.8 Å². The fourth-order valence-electron chi connectivity index (χ4n) is 2.76. The number of carbonyl (C=O) groups excluding carboxylic acids is 1. The fraction of sp³-hybridized carbons (Fsp3) is 0.316. The van der Waals surface area contributed by atoms with Gasteiger partial charge in [-0.25, -0.2) is 4.79 Å². The van der Waals surface area contributed by atoms with E-state index in [9.17, 15) is 14.4 Å². The van der Waals surface area contributed by atoms with Crippen LogP contribution in [0.25, 0.3) is 10.2 Å². The van der Waals surface area contributed by atoms with Crippen molar-refractivity contribution in [1.82, 2.24) is 14.9 Å². The summed E-state index contributed by atoms with van der Waals surface area (Å²) in [4.78, 5) is 38.9. The van der Waals surface area contributed by atoms with E-state index >= 15 is 0 Å². The van der Waals surface area contributed by atoms with E-state index in [1.165, 1.54) is 27.0 Å². The number of benzene rings is 1. The minimum absolute atomic E-state index is 0.0706. The molecule has 0 radical (unpaired) electrons. The minimum Gasteiger partial charge on any atom is -0.356 e. The number of fused-ring (bicyclic) bond motifs is 1. The van der Waals surface area contributed by atoms with Crippen LogP contribution < -0.4 is 16.6 Å². The van der Waals surface area contributed by atoms with Crippen LogP contribution in [0.3, 0.4) is 0 Å². The third-order valence-corrected chi connectivity index (χ3v) is 5.14. The van der Waals surface area contributed by atoms with Crippen LogP contribution in [0.1, 0.15) is 24.0 Å². The fourth-order valence-corrected chi connectivity index (χ4v) is 3.56. The lowest BCUT2D eigenvalue weighted by molar-refractivity contribution is -0.121. The lowest BCUT2D eigenvalue weighted by Crippen LogP contribution is -2.35. The van der Waals surface area contributed by atoms with Crippen LogP contribution in [0.4, 0.5) is 0 Å². The molecule has 2 heterocycles. The van der Waals surface area contributed by atoms with Crippen LogP contribution in [0, 0.1) is 6.92 Å². The van der Waals surface area contributed by atoms with E-state index in [0.29, 0.717) is 23.2 Å². The second-order valence-electron chi connectivity index (χ2n) is 6.24. The van der Waals surface area contributed by atoms with Gasteiger partial charge in [0.25, 0.3) is 5.56 Å². The zero-order chi connectivity index (χ0) is 18.5. The van der Waals surface area contributed by atoms with Crippen LogP contribution >= 0.6 is 11.3 Å². The van der Waals surface area contributed by atoms with Gasteiger partial charge in [0.2, 0.25) is 5.91 Å². The predicted octanol–water partition coefficient (Wildman–Crippen LogP) is 2.20. The van der Waals surface area contributed by atoms with Gasteiger partial charge in [0, 0.05) is 19.5 Å². The molecule has 2 N–H and O–H groups in total. The van der Waals surface area contributed by atoms with Crippen molar-refractivity contribution < 1.29 is 4.79 Å². The van der Waals surface area contributed by atoms with E-state index in [-0.39, 0.29) is 24.4 Å². The van der Waals surface area contributed by atoms with Crippen molar-refractivity contribution in [3.63, 3.8) is 0 Å². The van der Waals surface area contributed by atoms with Gasteiger partial charge in [-0.05, 0) is 36.8 Å². The van der Waals surface area contributed by atoms with Gasteiger partial charge >= 0.3 is 5.69 Å². The van der Waals surface area contributed by atoms with Crippen molar-refractivity contribution in [1.29, 1.82) is 0 Å². The number of H-pyrrole nitrogens is 1. The summed E-state index contributed by atoms with van der Waals surface area (Å²) < 4.78 is 1.70. The molecule has 0 bridgehead atoms. The Labute approximate surface area is 154 Å². The molecule has 26 heavy (non-hydrogen) atoms. The van der Waals surface area contributed by atoms with E-state index in [4.69, 9.17) is 0 Å². The average Bonchev–Trinajstić information content (AvgIpc) is 3.08. The van der Waals surface area contributed by atoms with E-state index in [2.05, 4.69) is 34.6 Å². The van der Waals surface area contributed by atoms with Crippen LogP contribution in [0.15, 0.2) is 45.3 Å². The van der Waals surface area contributed by atoms with Crippen molar-refractivity contribution in [2.45, 2.75) is 32.7 Å². The number of aryl methyl sites for hydroxylation is 1. The molecule has 0 spiro atoms. The Hall–Kier alpha value is -2.67. The number of carbonyl (C=O) groups is 1. The highest BCUT2D eigenvalue weighted by atomic mass is 32.1. The molecular formula is C19H21N3O3S. The number of nitrogens with one attached hydrogen (secondary N) is 2. The van der Waals surface area contributed by atoms with Gasteiger partial charge < -0.3 is 10.3 Å². The molecule has 2 aromatic heterocycles. The Morgan fingerprint density at radius 1 is 1.19 bits per heavy atom. The lowest BCUT2D eigenvalue weighted by atomic mass is 10.1. The highest BCUT2D eigenvalue weighted by Crippen LogP contribution is 2.12. The predicted molar refractivity (Wildman–Crippen MR) is 104 cm³/mol. The highest BCUT2D eigenvalue weighted by molar-refractivity contribution is 7.17. The maximum atomic E-state index is 12.3. The van der Waals surface area contributed by atoms with E-state index in [1.807, 2.05) is 6.92 Å². The standard InChI is InChI=1S/C19H21N3O3S/c1-13-4-6-14(7-5-13)8-10-20-16(23)3-2-11-22-18(24)17-15(9-12-26-17)21-19(22)25/h4-7,9,12H,2-3,8,10-11H2,1H3,(H,20,23)(H,21,25). The van der Waals surface area contributed by atoms with Crippen molar-refractivity contribution in [3.05, 3.63) is 67.7 Å². The third kappa shape index (κ3) is 4.29. The maximum Gasteiger partial charge on any atom is 0.328 e. The van der Waals surface area contributed by atoms with Crippen LogP contribution in [0.2, 0.25) is 0 Å². The molecule has 3 aromatic rings. The molecule has 0 aliphatic carbocycles. The molecule has 0 saturated carbocycles. The van der Waals surface area contributed by atoms with Gasteiger partial charge in [0.15, 0.2) is 0 Å². The second-order valence-corrected chi connectivity index (χ2v) is 7.16. The quantitative estimate of drug-likeness (QED) is 0.668. The summed E-state index contributed by atoms with van der Waals surface area (Å²) in [7, 11) is 0. The Bertz CT molecular complexity index is 1010. The molecule has 0 saturated heterocycles. The SMILES string of the molecule is Cc1ccc(CCNC(=O)CCCn2c(=O)[nH]c3ccsc3c2=O)cc1. The van der Waals surface area contributed by atoms with Crippen LogP contribution in [0.5, 0.6) is 0 Å². The van der Waals surface area contributed by atoms with Gasteiger partial charge in [-0.3, -0.25) is 14.2 Å². The van der Waals surface area contributed by atoms with Gasteiger partial charge in [-0.15, -0.1) is 11.3 Å². The molecular weight excluding hydrogens is 350 g/mol. The molecule has 0 aliphatic rings. The number of amides is 1. The second kappa shape index (κ2) is 8.14. The third-order valence-electron chi connectivity index (χ3n) is 4.23. The normalized spacial score (nSPS) is 11.0. The van der Waals surface area contributed by atoms with Gasteiger partial charge in [0.1, 0.15) is 4.70 Å². The first-order chi connectivity index (χ1) is 12.5. The lowest BCUT2D eigenvalue weighted by Gasteiger charge is -2.07. The summed E-state index contributed by atoms with van der Waals surface area (Å²) >= 11 is 1.30. The molecule has 0 atom stereocenters. The Balaban J connectivity index is 1.47. The summed E-state index contributed by atoms with van der Waals surface area (Å²) in [5, 5.41) is 4.65. The number of rotatable bonds is 7. The first-order valence-corrected chi connectivity index (χ1v) is 9.45. The van der Waals surface area contributed by atoms with E-state index in [0.717, 1.165) is 6.42 Å². The van der Waals surface area contributed by atoms with Crippen LogP contribution in [-0.2, 0) is 17.8 Å². The molecule has 0 aliphatic heterocycles. The Kier molecular flexibility index (Phi) is 5.68. The number of hydrogen-bond acceptors (Lipinski definition) is 4. The summed E-state index contributed by atoms with van der Waals surface area (Å²) in [6.45, 7) is 2.84. The summed E-state index contributed by atoms with van der Waals surface area (Å²) in [6, 6.07) is 9.93. The first-order valence-electron chi connectivity index (χ1n) is 8.57. The molecule has 1 aromatic carbocycles. The number of aromatic nitrogens is 2. The zero-order valence-electron chi connectivity index (χ0n) is 14.6. The molecule has 0 fully saturated rings. The van der Waals surface area contributed by atoms with Gasteiger partial charge in [-0.2, -0.15) is 0 Å². The first kappa shape index (κ1) is 18.1. The van der Waals surface area contributed by atoms with Crippen molar-refractivity contribution in [3.8, 4) is 0 Å². The van der Waals surface area contributed by atoms with Crippen LogP contribution in [-0.4, -0.2) is 22.0 Å².